The van der Waals surface area contributed by atoms with Crippen LogP contribution in [0.15, 0.2) is 10.9 Å². The van der Waals surface area contributed by atoms with E-state index in [1.54, 1.807) is 20.0 Å². The molecule has 8 nitrogen and oxygen atoms in total. The van der Waals surface area contributed by atoms with Crippen molar-refractivity contribution in [2.75, 3.05) is 19.6 Å². The summed E-state index contributed by atoms with van der Waals surface area (Å²) in [5.41, 5.74) is 1.09. The number of aliphatic hydroxyl groups excluding tert-OH is 1. The molecule has 0 radical (unpaired) electrons. The van der Waals surface area contributed by atoms with Crippen LogP contribution in [0.5, 0.6) is 0 Å². The van der Waals surface area contributed by atoms with E-state index in [1.165, 1.54) is 4.68 Å². The number of amides is 1. The molecule has 1 aliphatic heterocycles. The van der Waals surface area contributed by atoms with Crippen molar-refractivity contribution in [3.63, 3.8) is 0 Å². The van der Waals surface area contributed by atoms with Gasteiger partial charge in [0.2, 0.25) is 0 Å². The number of pyridine rings is 1. The predicted octanol–water partition coefficient (Wildman–Crippen LogP) is -0.276. The molecule has 24 heavy (non-hydrogen) atoms. The number of hydrogen-bond acceptors (Lipinski definition) is 5. The minimum atomic E-state index is -0.459. The topological polar surface area (TPSA) is 112 Å². The number of carbonyl (C=O) groups is 1. The second-order valence-electron chi connectivity index (χ2n) is 5.71. The molecule has 2 atom stereocenters. The molecule has 1 fully saturated rings. The number of nitrogens with zero attached hydrogens (tertiary/aromatic N) is 2. The first-order valence-electron chi connectivity index (χ1n) is 7.20. The van der Waals surface area contributed by atoms with Crippen LogP contribution in [0.3, 0.4) is 0 Å². The zero-order valence-corrected chi connectivity index (χ0v) is 15.0. The standard InChI is InChI=1S/C14H19N5O3.2ClH/c1-7-3-9(11-12(17-7)19(2)18-14(11)22)13(21)16-5-8-4-15-6-10(8)20;;/h3,8,10,15,20H,4-6H2,1-2H3,(H,16,21)(H,18,22);2*1H. The molecule has 0 spiro atoms. The van der Waals surface area contributed by atoms with Gasteiger partial charge in [0.1, 0.15) is 0 Å². The van der Waals surface area contributed by atoms with Crippen molar-refractivity contribution >= 4 is 41.8 Å². The summed E-state index contributed by atoms with van der Waals surface area (Å²) < 4.78 is 1.51. The number of fused-ring (bicyclic) bond motifs is 1. The summed E-state index contributed by atoms with van der Waals surface area (Å²) in [6.45, 7) is 3.34. The molecule has 4 N–H and O–H groups in total. The molecule has 1 aliphatic rings. The van der Waals surface area contributed by atoms with Crippen molar-refractivity contribution in [3.8, 4) is 0 Å². The highest BCUT2D eigenvalue weighted by molar-refractivity contribution is 6.05. The fourth-order valence-electron chi connectivity index (χ4n) is 2.81. The maximum Gasteiger partial charge on any atom is 0.274 e. The van der Waals surface area contributed by atoms with Crippen molar-refractivity contribution in [1.82, 2.24) is 25.4 Å². The predicted molar refractivity (Wildman–Crippen MR) is 95.3 cm³/mol. The van der Waals surface area contributed by atoms with Crippen LogP contribution in [0, 0.1) is 12.8 Å². The second-order valence-corrected chi connectivity index (χ2v) is 5.71. The number of nitrogens with one attached hydrogen (secondary N) is 3. The molecule has 1 amide bonds. The van der Waals surface area contributed by atoms with Crippen LogP contribution in [0.2, 0.25) is 0 Å². The number of aryl methyl sites for hydroxylation is 2. The van der Waals surface area contributed by atoms with E-state index in [9.17, 15) is 14.7 Å². The quantitative estimate of drug-likeness (QED) is 0.587. The fraction of sp³-hybridized carbons (Fsp3) is 0.500. The smallest absolute Gasteiger partial charge is 0.274 e. The molecule has 1 saturated heterocycles. The Bertz CT molecular complexity index is 789. The van der Waals surface area contributed by atoms with Crippen molar-refractivity contribution in [3.05, 3.63) is 27.7 Å². The number of aliphatic hydroxyl groups is 1. The normalized spacial score (nSPS) is 19.6. The van der Waals surface area contributed by atoms with Gasteiger partial charge in [-0.2, -0.15) is 0 Å². The molecule has 134 valence electrons. The summed E-state index contributed by atoms with van der Waals surface area (Å²) in [5.74, 6) is -0.345. The lowest BCUT2D eigenvalue weighted by atomic mass is 10.1. The number of rotatable bonds is 3. The summed E-state index contributed by atoms with van der Waals surface area (Å²) in [6.07, 6.45) is -0.459. The van der Waals surface area contributed by atoms with Crippen LogP contribution in [-0.2, 0) is 7.05 Å². The number of aromatic amines is 1. The van der Waals surface area contributed by atoms with Gasteiger partial charge in [-0.05, 0) is 13.0 Å². The molecule has 0 saturated carbocycles. The molecule has 2 aromatic rings. The van der Waals surface area contributed by atoms with E-state index in [1.807, 2.05) is 0 Å². The number of β-amino-alcohol motifs (C(OH)–C–C–N with tert-alkyl or cyclic N) is 1. The summed E-state index contributed by atoms with van der Waals surface area (Å²) in [7, 11) is 1.68. The molecule has 2 aromatic heterocycles. The van der Waals surface area contributed by atoms with E-state index >= 15 is 0 Å². The van der Waals surface area contributed by atoms with Crippen LogP contribution in [0.4, 0.5) is 0 Å². The van der Waals surface area contributed by atoms with E-state index in [0.29, 0.717) is 36.5 Å². The Kier molecular flexibility index (Phi) is 6.79. The zero-order valence-electron chi connectivity index (χ0n) is 13.3. The Morgan fingerprint density at radius 2 is 2.17 bits per heavy atom. The van der Waals surface area contributed by atoms with E-state index < -0.39 is 6.10 Å². The Hall–Kier alpha value is -1.61. The van der Waals surface area contributed by atoms with Crippen LogP contribution in [0.25, 0.3) is 11.0 Å². The van der Waals surface area contributed by atoms with E-state index in [4.69, 9.17) is 0 Å². The Morgan fingerprint density at radius 3 is 2.79 bits per heavy atom. The van der Waals surface area contributed by atoms with Gasteiger partial charge in [-0.25, -0.2) is 4.98 Å². The highest BCUT2D eigenvalue weighted by Gasteiger charge is 2.26. The minimum Gasteiger partial charge on any atom is -0.391 e. The third-order valence-corrected chi connectivity index (χ3v) is 4.02. The fourth-order valence-corrected chi connectivity index (χ4v) is 2.81. The summed E-state index contributed by atoms with van der Waals surface area (Å²) >= 11 is 0. The number of hydrogen-bond donors (Lipinski definition) is 4. The maximum absolute atomic E-state index is 12.4. The third kappa shape index (κ3) is 3.72. The monoisotopic (exact) mass is 377 g/mol. The van der Waals surface area contributed by atoms with Crippen molar-refractivity contribution in [2.45, 2.75) is 13.0 Å². The summed E-state index contributed by atoms with van der Waals surface area (Å²) in [5, 5.41) is 18.5. The Labute approximate surface area is 150 Å². The number of aromatic nitrogens is 3. The molecular weight excluding hydrogens is 357 g/mol. The number of carbonyl (C=O) groups excluding carboxylic acids is 1. The van der Waals surface area contributed by atoms with Gasteiger partial charge in [0.25, 0.3) is 11.5 Å². The SMILES string of the molecule is Cc1cc(C(=O)NCC2CNCC2O)c2c(=O)[nH]n(C)c2n1.Cl.Cl. The van der Waals surface area contributed by atoms with Crippen LogP contribution < -0.4 is 16.2 Å². The average Bonchev–Trinajstić information content (AvgIpc) is 3.00. The third-order valence-electron chi connectivity index (χ3n) is 4.02. The van der Waals surface area contributed by atoms with Gasteiger partial charge in [0.05, 0.1) is 17.1 Å². The summed E-state index contributed by atoms with van der Waals surface area (Å²) in [6, 6.07) is 1.61. The number of H-pyrrole nitrogens is 1. The summed E-state index contributed by atoms with van der Waals surface area (Å²) in [4.78, 5) is 28.7. The van der Waals surface area contributed by atoms with Crippen molar-refractivity contribution < 1.29 is 9.90 Å². The van der Waals surface area contributed by atoms with Gasteiger partial charge >= 0.3 is 0 Å². The van der Waals surface area contributed by atoms with Gasteiger partial charge in [-0.15, -0.1) is 24.8 Å². The Morgan fingerprint density at radius 1 is 1.46 bits per heavy atom. The first kappa shape index (κ1) is 20.4. The molecule has 10 heteroatoms. The molecule has 2 unspecified atom stereocenters. The lowest BCUT2D eigenvalue weighted by molar-refractivity contribution is 0.0928. The first-order valence-corrected chi connectivity index (χ1v) is 7.20. The first-order chi connectivity index (χ1) is 10.5. The van der Waals surface area contributed by atoms with Gasteiger partial charge < -0.3 is 15.7 Å². The molecule has 0 aromatic carbocycles. The van der Waals surface area contributed by atoms with Gasteiger partial charge in [-0.3, -0.25) is 19.4 Å². The molecule has 3 heterocycles. The van der Waals surface area contributed by atoms with Crippen LogP contribution in [-0.4, -0.2) is 51.5 Å². The Balaban J connectivity index is 0.00000144. The number of halogens is 2. The van der Waals surface area contributed by atoms with Crippen molar-refractivity contribution in [2.24, 2.45) is 13.0 Å². The van der Waals surface area contributed by atoms with E-state index in [2.05, 4.69) is 20.7 Å². The van der Waals surface area contributed by atoms with Gasteiger partial charge in [0, 0.05) is 38.3 Å². The lowest BCUT2D eigenvalue weighted by Crippen LogP contribution is -2.34. The average molecular weight is 378 g/mol. The maximum atomic E-state index is 12.4. The van der Waals surface area contributed by atoms with Gasteiger partial charge in [0.15, 0.2) is 5.65 Å². The molecule has 3 rings (SSSR count). The van der Waals surface area contributed by atoms with Gasteiger partial charge in [-0.1, -0.05) is 0 Å². The largest absolute Gasteiger partial charge is 0.391 e. The van der Waals surface area contributed by atoms with Crippen molar-refractivity contribution in [1.29, 1.82) is 0 Å². The highest BCUT2D eigenvalue weighted by Crippen LogP contribution is 2.15. The van der Waals surface area contributed by atoms with E-state index in [0.717, 1.165) is 0 Å². The minimum absolute atomic E-state index is 0. The molecule has 0 aliphatic carbocycles. The van der Waals surface area contributed by atoms with Crippen LogP contribution in [0.1, 0.15) is 16.1 Å². The highest BCUT2D eigenvalue weighted by atomic mass is 35.5. The lowest BCUT2D eigenvalue weighted by Gasteiger charge is -2.14. The molecular formula is C14H21Cl2N5O3. The van der Waals surface area contributed by atoms with E-state index in [-0.39, 0.29) is 47.6 Å². The second kappa shape index (κ2) is 7.98. The molecule has 0 bridgehead atoms. The zero-order chi connectivity index (χ0) is 15.9. The van der Waals surface area contributed by atoms with Crippen LogP contribution >= 0.6 is 24.8 Å².